The lowest BCUT2D eigenvalue weighted by Gasteiger charge is -2.41. The Labute approximate surface area is 111 Å². The van der Waals surface area contributed by atoms with Crippen LogP contribution in [0.2, 0.25) is 0 Å². The zero-order valence-electron chi connectivity index (χ0n) is 12.0. The SMILES string of the molecule is CSC(CO)C(C)NC1CC(C)CC(C)(C)C1. The Morgan fingerprint density at radius 1 is 1.41 bits per heavy atom. The third kappa shape index (κ3) is 4.80. The summed E-state index contributed by atoms with van der Waals surface area (Å²) in [6, 6.07) is 1.01. The minimum absolute atomic E-state index is 0.265. The van der Waals surface area contributed by atoms with Crippen LogP contribution in [0.3, 0.4) is 0 Å². The molecule has 102 valence electrons. The third-order valence-corrected chi connectivity index (χ3v) is 5.09. The van der Waals surface area contributed by atoms with Gasteiger partial charge in [-0.05, 0) is 43.8 Å². The van der Waals surface area contributed by atoms with E-state index in [1.54, 1.807) is 11.8 Å². The molecule has 2 nitrogen and oxygen atoms in total. The molecule has 4 atom stereocenters. The molecule has 0 spiro atoms. The molecule has 4 unspecified atom stereocenters. The molecule has 2 N–H and O–H groups in total. The fourth-order valence-corrected chi connectivity index (χ4v) is 4.02. The fourth-order valence-electron chi connectivity index (χ4n) is 3.39. The molecular weight excluding hydrogens is 230 g/mol. The van der Waals surface area contributed by atoms with Crippen LogP contribution in [0.4, 0.5) is 0 Å². The lowest BCUT2D eigenvalue weighted by molar-refractivity contribution is 0.142. The molecule has 0 amide bonds. The molecule has 3 heteroatoms. The average Bonchev–Trinajstić information content (AvgIpc) is 2.15. The molecule has 1 aliphatic rings. The Kier molecular flexibility index (Phi) is 5.81. The van der Waals surface area contributed by atoms with E-state index in [0.717, 1.165) is 5.92 Å². The van der Waals surface area contributed by atoms with Gasteiger partial charge in [-0.3, -0.25) is 0 Å². The maximum absolute atomic E-state index is 9.32. The Morgan fingerprint density at radius 3 is 2.53 bits per heavy atom. The van der Waals surface area contributed by atoms with Gasteiger partial charge in [-0.1, -0.05) is 20.8 Å². The Morgan fingerprint density at radius 2 is 2.06 bits per heavy atom. The second-order valence-corrected chi connectivity index (χ2v) is 7.60. The van der Waals surface area contributed by atoms with Crippen LogP contribution >= 0.6 is 11.8 Å². The molecule has 0 aromatic heterocycles. The van der Waals surface area contributed by atoms with Gasteiger partial charge < -0.3 is 10.4 Å². The summed E-state index contributed by atoms with van der Waals surface area (Å²) >= 11 is 1.75. The van der Waals surface area contributed by atoms with Crippen molar-refractivity contribution in [2.45, 2.75) is 64.3 Å². The van der Waals surface area contributed by atoms with Crippen molar-refractivity contribution in [3.63, 3.8) is 0 Å². The van der Waals surface area contributed by atoms with Crippen molar-refractivity contribution in [1.29, 1.82) is 0 Å². The second-order valence-electron chi connectivity index (χ2n) is 6.52. The highest BCUT2D eigenvalue weighted by Crippen LogP contribution is 2.38. The van der Waals surface area contributed by atoms with Crippen molar-refractivity contribution < 1.29 is 5.11 Å². The average molecular weight is 259 g/mol. The monoisotopic (exact) mass is 259 g/mol. The van der Waals surface area contributed by atoms with Crippen molar-refractivity contribution in [1.82, 2.24) is 5.32 Å². The van der Waals surface area contributed by atoms with Crippen molar-refractivity contribution >= 4 is 11.8 Å². The minimum atomic E-state index is 0.265. The summed E-state index contributed by atoms with van der Waals surface area (Å²) in [4.78, 5) is 0. The lowest BCUT2D eigenvalue weighted by atomic mass is 9.70. The highest BCUT2D eigenvalue weighted by atomic mass is 32.2. The van der Waals surface area contributed by atoms with E-state index in [1.807, 2.05) is 0 Å². The van der Waals surface area contributed by atoms with Crippen molar-refractivity contribution in [3.05, 3.63) is 0 Å². The molecule has 0 bridgehead atoms. The predicted octanol–water partition coefficient (Wildman–Crippen LogP) is 2.90. The van der Waals surface area contributed by atoms with Crippen LogP contribution in [0.5, 0.6) is 0 Å². The van der Waals surface area contributed by atoms with Crippen LogP contribution in [0.25, 0.3) is 0 Å². The zero-order valence-corrected chi connectivity index (χ0v) is 12.8. The van der Waals surface area contributed by atoms with Gasteiger partial charge in [-0.15, -0.1) is 0 Å². The van der Waals surface area contributed by atoms with E-state index in [9.17, 15) is 5.11 Å². The van der Waals surface area contributed by atoms with Crippen molar-refractivity contribution in [3.8, 4) is 0 Å². The Balaban J connectivity index is 2.50. The van der Waals surface area contributed by atoms with E-state index in [-0.39, 0.29) is 6.61 Å². The van der Waals surface area contributed by atoms with E-state index in [2.05, 4.69) is 39.3 Å². The summed E-state index contributed by atoms with van der Waals surface area (Å²) in [5, 5.41) is 13.4. The Bertz CT molecular complexity index is 228. The number of rotatable bonds is 5. The van der Waals surface area contributed by atoms with Gasteiger partial charge in [0.25, 0.3) is 0 Å². The van der Waals surface area contributed by atoms with Crippen LogP contribution in [0.15, 0.2) is 0 Å². The highest BCUT2D eigenvalue weighted by Gasteiger charge is 2.33. The first-order valence-electron chi connectivity index (χ1n) is 6.77. The summed E-state index contributed by atoms with van der Waals surface area (Å²) in [5.74, 6) is 0.810. The summed E-state index contributed by atoms with van der Waals surface area (Å²) in [7, 11) is 0. The largest absolute Gasteiger partial charge is 0.395 e. The van der Waals surface area contributed by atoms with Crippen LogP contribution in [0, 0.1) is 11.3 Å². The Hall–Kier alpha value is 0.270. The molecule has 0 heterocycles. The molecular formula is C14H29NOS. The number of thioether (sulfide) groups is 1. The molecule has 0 saturated heterocycles. The highest BCUT2D eigenvalue weighted by molar-refractivity contribution is 7.99. The lowest BCUT2D eigenvalue weighted by Crippen LogP contribution is -2.48. The first-order chi connectivity index (χ1) is 7.88. The van der Waals surface area contributed by atoms with E-state index < -0.39 is 0 Å². The quantitative estimate of drug-likeness (QED) is 0.796. The smallest absolute Gasteiger partial charge is 0.0564 e. The zero-order chi connectivity index (χ0) is 13.1. The summed E-state index contributed by atoms with van der Waals surface area (Å²) < 4.78 is 0. The summed E-state index contributed by atoms with van der Waals surface area (Å²) in [6.07, 6.45) is 5.95. The van der Waals surface area contributed by atoms with Crippen LogP contribution in [0.1, 0.15) is 47.0 Å². The molecule has 1 aliphatic carbocycles. The maximum Gasteiger partial charge on any atom is 0.0564 e. The minimum Gasteiger partial charge on any atom is -0.395 e. The fraction of sp³-hybridized carbons (Fsp3) is 1.00. The van der Waals surface area contributed by atoms with E-state index in [4.69, 9.17) is 0 Å². The van der Waals surface area contributed by atoms with E-state index in [0.29, 0.717) is 22.7 Å². The molecule has 1 fully saturated rings. The van der Waals surface area contributed by atoms with Crippen molar-refractivity contribution in [2.24, 2.45) is 11.3 Å². The molecule has 1 rings (SSSR count). The molecule has 0 radical (unpaired) electrons. The van der Waals surface area contributed by atoms with Crippen LogP contribution < -0.4 is 5.32 Å². The first-order valence-corrected chi connectivity index (χ1v) is 8.06. The van der Waals surface area contributed by atoms with Gasteiger partial charge in [-0.2, -0.15) is 11.8 Å². The maximum atomic E-state index is 9.32. The van der Waals surface area contributed by atoms with Gasteiger partial charge in [0.1, 0.15) is 0 Å². The normalized spacial score (nSPS) is 32.1. The van der Waals surface area contributed by atoms with Crippen LogP contribution in [-0.2, 0) is 0 Å². The van der Waals surface area contributed by atoms with Crippen molar-refractivity contribution in [2.75, 3.05) is 12.9 Å². The van der Waals surface area contributed by atoms with Gasteiger partial charge in [0, 0.05) is 17.3 Å². The van der Waals surface area contributed by atoms with Crippen LogP contribution in [-0.4, -0.2) is 35.3 Å². The number of aliphatic hydroxyl groups is 1. The molecule has 0 aromatic carbocycles. The van der Waals surface area contributed by atoms with E-state index in [1.165, 1.54) is 19.3 Å². The molecule has 0 aromatic rings. The van der Waals surface area contributed by atoms with Gasteiger partial charge in [0.05, 0.1) is 6.61 Å². The van der Waals surface area contributed by atoms with Gasteiger partial charge >= 0.3 is 0 Å². The summed E-state index contributed by atoms with van der Waals surface area (Å²) in [5.41, 5.74) is 0.461. The second kappa shape index (κ2) is 6.44. The molecule has 0 aliphatic heterocycles. The molecule has 1 saturated carbocycles. The van der Waals surface area contributed by atoms with Gasteiger partial charge in [0.2, 0.25) is 0 Å². The standard InChI is InChI=1S/C14H29NOS/c1-10-6-12(8-14(3,4)7-10)15-11(2)13(9-16)17-5/h10-13,15-16H,6-9H2,1-5H3. The number of hydrogen-bond donors (Lipinski definition) is 2. The topological polar surface area (TPSA) is 32.3 Å². The predicted molar refractivity (Wildman–Crippen MR) is 77.6 cm³/mol. The number of hydrogen-bond acceptors (Lipinski definition) is 3. The number of nitrogens with one attached hydrogen (secondary N) is 1. The number of aliphatic hydroxyl groups excluding tert-OH is 1. The summed E-state index contributed by atoms with van der Waals surface area (Å²) in [6.45, 7) is 9.57. The first kappa shape index (κ1) is 15.3. The van der Waals surface area contributed by atoms with E-state index >= 15 is 0 Å². The van der Waals surface area contributed by atoms with Gasteiger partial charge in [0.15, 0.2) is 0 Å². The third-order valence-electron chi connectivity index (χ3n) is 3.93. The van der Waals surface area contributed by atoms with Gasteiger partial charge in [-0.25, -0.2) is 0 Å². The molecule has 17 heavy (non-hydrogen) atoms.